The van der Waals surface area contributed by atoms with Gasteiger partial charge in [-0.3, -0.25) is 0 Å². The highest BCUT2D eigenvalue weighted by atomic mass is 16.5. The van der Waals surface area contributed by atoms with Gasteiger partial charge in [0.25, 0.3) is 0 Å². The lowest BCUT2D eigenvalue weighted by Crippen LogP contribution is -1.98. The predicted octanol–water partition coefficient (Wildman–Crippen LogP) is 3.01. The largest absolute Gasteiger partial charge is 0.501 e. The average Bonchev–Trinajstić information content (AvgIpc) is 2.27. The quantitative estimate of drug-likeness (QED) is 0.500. The summed E-state index contributed by atoms with van der Waals surface area (Å²) in [5.74, 6) is 2.12. The van der Waals surface area contributed by atoms with Crippen molar-refractivity contribution in [1.29, 1.82) is 0 Å². The van der Waals surface area contributed by atoms with Crippen LogP contribution in [0.5, 0.6) is 0 Å². The molecule has 0 atom stereocenters. The Morgan fingerprint density at radius 3 is 2.07 bits per heavy atom. The highest BCUT2D eigenvalue weighted by Gasteiger charge is 2.08. The molecule has 0 saturated carbocycles. The van der Waals surface area contributed by atoms with Gasteiger partial charge in [0, 0.05) is 11.6 Å². The van der Waals surface area contributed by atoms with Crippen LogP contribution >= 0.6 is 0 Å². The molecule has 0 radical (unpaired) electrons. The van der Waals surface area contributed by atoms with Crippen LogP contribution < -0.4 is 0 Å². The molecule has 0 bridgehead atoms. The Labute approximate surface area is 92.0 Å². The van der Waals surface area contributed by atoms with Gasteiger partial charge in [-0.2, -0.15) is 0 Å². The zero-order valence-corrected chi connectivity index (χ0v) is 10.2. The minimum atomic E-state index is 0.557. The zero-order valence-electron chi connectivity index (χ0n) is 10.2. The van der Waals surface area contributed by atoms with Gasteiger partial charge in [0.15, 0.2) is 0 Å². The molecule has 0 saturated heterocycles. The van der Waals surface area contributed by atoms with E-state index in [-0.39, 0.29) is 0 Å². The molecule has 0 aromatic rings. The lowest BCUT2D eigenvalue weighted by molar-refractivity contribution is 0.261. The molecular formula is C12H20O3. The Balaban J connectivity index is 5.10. The topological polar surface area (TPSA) is 27.7 Å². The van der Waals surface area contributed by atoms with Gasteiger partial charge in [-0.25, -0.2) is 0 Å². The first-order valence-corrected chi connectivity index (χ1v) is 4.83. The molecular weight excluding hydrogens is 192 g/mol. The fourth-order valence-electron chi connectivity index (χ4n) is 1.19. The van der Waals surface area contributed by atoms with Crippen LogP contribution in [0.2, 0.25) is 0 Å². The van der Waals surface area contributed by atoms with Crippen molar-refractivity contribution in [1.82, 2.24) is 0 Å². The van der Waals surface area contributed by atoms with Crippen LogP contribution in [0.4, 0.5) is 0 Å². The van der Waals surface area contributed by atoms with Gasteiger partial charge < -0.3 is 14.2 Å². The Kier molecular flexibility index (Phi) is 6.34. The third-order valence-corrected chi connectivity index (χ3v) is 2.16. The summed E-state index contributed by atoms with van der Waals surface area (Å²) in [5.41, 5.74) is 1.01. The summed E-state index contributed by atoms with van der Waals surface area (Å²) >= 11 is 0. The number of hydrogen-bond acceptors (Lipinski definition) is 3. The summed E-state index contributed by atoms with van der Waals surface area (Å²) in [6.45, 7) is 7.67. The average molecular weight is 212 g/mol. The van der Waals surface area contributed by atoms with Crippen LogP contribution in [0.25, 0.3) is 0 Å². The van der Waals surface area contributed by atoms with E-state index in [1.54, 1.807) is 27.4 Å². The van der Waals surface area contributed by atoms with Crippen molar-refractivity contribution in [2.24, 2.45) is 0 Å². The van der Waals surface area contributed by atoms with Crippen LogP contribution in [-0.4, -0.2) is 21.3 Å². The van der Waals surface area contributed by atoms with Gasteiger partial charge >= 0.3 is 0 Å². The van der Waals surface area contributed by atoms with E-state index in [9.17, 15) is 0 Å². The lowest BCUT2D eigenvalue weighted by Gasteiger charge is -2.13. The lowest BCUT2D eigenvalue weighted by atomic mass is 10.1. The molecule has 3 nitrogen and oxygen atoms in total. The first kappa shape index (κ1) is 13.6. The summed E-state index contributed by atoms with van der Waals surface area (Å²) in [4.78, 5) is 0. The van der Waals surface area contributed by atoms with Gasteiger partial charge in [0.2, 0.25) is 0 Å². The van der Waals surface area contributed by atoms with Gasteiger partial charge in [0.1, 0.15) is 11.5 Å². The number of hydrogen-bond donors (Lipinski definition) is 0. The molecule has 0 N–H and O–H groups in total. The van der Waals surface area contributed by atoms with E-state index in [4.69, 9.17) is 14.2 Å². The van der Waals surface area contributed by atoms with Crippen molar-refractivity contribution in [3.05, 3.63) is 35.5 Å². The molecule has 86 valence electrons. The van der Waals surface area contributed by atoms with Crippen molar-refractivity contribution in [2.45, 2.75) is 20.3 Å². The number of ether oxygens (including phenoxy) is 3. The highest BCUT2D eigenvalue weighted by Crippen LogP contribution is 2.20. The smallest absolute Gasteiger partial charge is 0.129 e. The van der Waals surface area contributed by atoms with Crippen LogP contribution in [0.15, 0.2) is 35.5 Å². The Morgan fingerprint density at radius 2 is 1.73 bits per heavy atom. The molecule has 0 aliphatic heterocycles. The first-order valence-electron chi connectivity index (χ1n) is 4.83. The maximum atomic E-state index is 5.28. The minimum absolute atomic E-state index is 0.557. The van der Waals surface area contributed by atoms with E-state index in [1.807, 2.05) is 13.8 Å². The van der Waals surface area contributed by atoms with E-state index in [2.05, 4.69) is 6.58 Å². The second-order valence-corrected chi connectivity index (χ2v) is 2.98. The predicted molar refractivity (Wildman–Crippen MR) is 61.2 cm³/mol. The highest BCUT2D eigenvalue weighted by molar-refractivity contribution is 5.32. The molecule has 0 heterocycles. The standard InChI is InChI=1S/C12H20O3/c1-7-11(10(3)14-5)12(15-6)8-9(2)13-4/h8H,2,7H2,1,3-6H3/b11-10+,12-8+. The van der Waals surface area contributed by atoms with E-state index in [0.29, 0.717) is 5.76 Å². The second-order valence-electron chi connectivity index (χ2n) is 2.98. The normalized spacial score (nSPS) is 13.0. The Hall–Kier alpha value is -1.38. The molecule has 3 heteroatoms. The third kappa shape index (κ3) is 4.11. The molecule has 0 rings (SSSR count). The number of allylic oxidation sites excluding steroid dienone is 3. The Morgan fingerprint density at radius 1 is 1.13 bits per heavy atom. The summed E-state index contributed by atoms with van der Waals surface area (Å²) < 4.78 is 15.4. The first-order chi connectivity index (χ1) is 7.10. The number of methoxy groups -OCH3 is 3. The van der Waals surface area contributed by atoms with E-state index < -0.39 is 0 Å². The van der Waals surface area contributed by atoms with Crippen LogP contribution in [0.1, 0.15) is 20.3 Å². The van der Waals surface area contributed by atoms with E-state index in [1.165, 1.54) is 0 Å². The molecule has 0 aliphatic carbocycles. The summed E-state index contributed by atoms with van der Waals surface area (Å²) in [6.07, 6.45) is 2.58. The summed E-state index contributed by atoms with van der Waals surface area (Å²) in [6, 6.07) is 0. The molecule has 0 amide bonds. The van der Waals surface area contributed by atoms with Crippen molar-refractivity contribution >= 4 is 0 Å². The van der Waals surface area contributed by atoms with Gasteiger partial charge in [-0.1, -0.05) is 13.5 Å². The maximum Gasteiger partial charge on any atom is 0.129 e. The second kappa shape index (κ2) is 6.98. The van der Waals surface area contributed by atoms with Crippen LogP contribution in [-0.2, 0) is 14.2 Å². The van der Waals surface area contributed by atoms with Gasteiger partial charge in [0.05, 0.1) is 27.1 Å². The fraction of sp³-hybridized carbons (Fsp3) is 0.500. The van der Waals surface area contributed by atoms with E-state index in [0.717, 1.165) is 23.5 Å². The molecule has 0 unspecified atom stereocenters. The van der Waals surface area contributed by atoms with Crippen LogP contribution in [0.3, 0.4) is 0 Å². The van der Waals surface area contributed by atoms with E-state index >= 15 is 0 Å². The SMILES string of the molecule is C=C(/C=C(OC)\C(CC)=C(/C)OC)OC. The van der Waals surface area contributed by atoms with Gasteiger partial charge in [-0.05, 0) is 13.3 Å². The van der Waals surface area contributed by atoms with Crippen molar-refractivity contribution < 1.29 is 14.2 Å². The minimum Gasteiger partial charge on any atom is -0.501 e. The number of rotatable bonds is 6. The van der Waals surface area contributed by atoms with Crippen molar-refractivity contribution in [3.63, 3.8) is 0 Å². The molecule has 0 spiro atoms. The fourth-order valence-corrected chi connectivity index (χ4v) is 1.19. The molecule has 0 aromatic heterocycles. The van der Waals surface area contributed by atoms with Gasteiger partial charge in [-0.15, -0.1) is 0 Å². The summed E-state index contributed by atoms with van der Waals surface area (Å²) in [7, 11) is 4.83. The Bertz CT molecular complexity index is 275. The molecule has 0 aliphatic rings. The van der Waals surface area contributed by atoms with Crippen LogP contribution in [0, 0.1) is 0 Å². The third-order valence-electron chi connectivity index (χ3n) is 2.16. The summed E-state index contributed by atoms with van der Waals surface area (Å²) in [5, 5.41) is 0. The van der Waals surface area contributed by atoms with Crippen molar-refractivity contribution in [3.8, 4) is 0 Å². The zero-order chi connectivity index (χ0) is 11.8. The monoisotopic (exact) mass is 212 g/mol. The molecule has 0 fully saturated rings. The molecule has 0 aromatic carbocycles. The maximum absolute atomic E-state index is 5.28. The molecule has 15 heavy (non-hydrogen) atoms. The van der Waals surface area contributed by atoms with Crippen molar-refractivity contribution in [2.75, 3.05) is 21.3 Å².